The summed E-state index contributed by atoms with van der Waals surface area (Å²) in [6.07, 6.45) is 10.4. The van der Waals surface area contributed by atoms with Crippen molar-refractivity contribution in [1.29, 1.82) is 0 Å². The number of piperidine rings is 1. The van der Waals surface area contributed by atoms with Gasteiger partial charge in [0.1, 0.15) is 0 Å². The summed E-state index contributed by atoms with van der Waals surface area (Å²) in [4.78, 5) is 6.76. The van der Waals surface area contributed by atoms with Crippen LogP contribution in [-0.2, 0) is 6.42 Å². The van der Waals surface area contributed by atoms with Crippen LogP contribution in [0.2, 0.25) is 0 Å². The molecule has 0 bridgehead atoms. The zero-order valence-electron chi connectivity index (χ0n) is 11.6. The zero-order chi connectivity index (χ0) is 13.1. The predicted molar refractivity (Wildman–Crippen MR) is 74.1 cm³/mol. The highest BCUT2D eigenvalue weighted by Gasteiger charge is 2.30. The van der Waals surface area contributed by atoms with Crippen LogP contribution < -0.4 is 10.6 Å². The van der Waals surface area contributed by atoms with Crippen molar-refractivity contribution in [2.45, 2.75) is 63.3 Å². The largest absolute Gasteiger partial charge is 0.338 e. The molecule has 1 saturated heterocycles. The highest BCUT2D eigenvalue weighted by Crippen LogP contribution is 2.29. The van der Waals surface area contributed by atoms with Gasteiger partial charge in [0, 0.05) is 25.0 Å². The van der Waals surface area contributed by atoms with E-state index in [-0.39, 0.29) is 5.54 Å². The summed E-state index contributed by atoms with van der Waals surface area (Å²) in [7, 11) is 0. The van der Waals surface area contributed by atoms with E-state index >= 15 is 0 Å². The first kappa shape index (κ1) is 12.9. The Kier molecular flexibility index (Phi) is 3.73. The number of nitrogens with two attached hydrogens (primary N) is 1. The summed E-state index contributed by atoms with van der Waals surface area (Å²) >= 11 is 0. The molecule has 1 aliphatic heterocycles. The van der Waals surface area contributed by atoms with Crippen molar-refractivity contribution < 1.29 is 4.52 Å². The molecule has 0 aromatic carbocycles. The normalized spacial score (nSPS) is 23.5. The molecule has 0 spiro atoms. The average molecular weight is 264 g/mol. The summed E-state index contributed by atoms with van der Waals surface area (Å²) < 4.78 is 5.40. The lowest BCUT2D eigenvalue weighted by molar-refractivity contribution is 0.261. The second-order valence-corrected chi connectivity index (χ2v) is 6.14. The maximum absolute atomic E-state index is 6.44. The van der Waals surface area contributed by atoms with E-state index in [1.165, 1.54) is 38.5 Å². The minimum Gasteiger partial charge on any atom is -0.338 e. The lowest BCUT2D eigenvalue weighted by Gasteiger charge is -2.31. The van der Waals surface area contributed by atoms with E-state index in [1.807, 2.05) is 0 Å². The lowest BCUT2D eigenvalue weighted by Crippen LogP contribution is -2.43. The molecule has 1 aliphatic carbocycles. The Labute approximate surface area is 114 Å². The molecule has 19 heavy (non-hydrogen) atoms. The van der Waals surface area contributed by atoms with Crippen LogP contribution in [0, 0.1) is 0 Å². The first-order valence-corrected chi connectivity index (χ1v) is 7.62. The monoisotopic (exact) mass is 264 g/mol. The maximum atomic E-state index is 6.44. The van der Waals surface area contributed by atoms with Gasteiger partial charge in [0.15, 0.2) is 0 Å². The fraction of sp³-hybridized carbons (Fsp3) is 0.857. The molecule has 1 saturated carbocycles. The van der Waals surface area contributed by atoms with Crippen LogP contribution in [-0.4, -0.2) is 28.8 Å². The summed E-state index contributed by atoms with van der Waals surface area (Å²) in [5, 5.41) is 4.12. The molecule has 1 aromatic heterocycles. The highest BCUT2D eigenvalue weighted by molar-refractivity contribution is 5.28. The van der Waals surface area contributed by atoms with Gasteiger partial charge >= 0.3 is 0 Å². The molecule has 5 heteroatoms. The minimum atomic E-state index is -0.121. The average Bonchev–Trinajstić information content (AvgIpc) is 2.88. The first-order chi connectivity index (χ1) is 9.25. The fourth-order valence-electron chi connectivity index (χ4n) is 3.27. The van der Waals surface area contributed by atoms with Crippen molar-refractivity contribution in [1.82, 2.24) is 10.1 Å². The number of hydrogen-bond donors (Lipinski definition) is 1. The SMILES string of the molecule is NC1(Cc2nc(N3CCCCC3)no2)CCCCC1. The molecule has 106 valence electrons. The molecule has 0 radical (unpaired) electrons. The van der Waals surface area contributed by atoms with Gasteiger partial charge in [-0.25, -0.2) is 0 Å². The van der Waals surface area contributed by atoms with Crippen molar-refractivity contribution in [2.75, 3.05) is 18.0 Å². The molecule has 1 aromatic rings. The maximum Gasteiger partial charge on any atom is 0.266 e. The van der Waals surface area contributed by atoms with Crippen LogP contribution in [0.4, 0.5) is 5.95 Å². The Bertz CT molecular complexity index is 405. The van der Waals surface area contributed by atoms with E-state index < -0.39 is 0 Å². The predicted octanol–water partition coefficient (Wildman–Crippen LogP) is 2.26. The Balaban J connectivity index is 1.63. The molecule has 0 amide bonds. The van der Waals surface area contributed by atoms with Gasteiger partial charge in [-0.2, -0.15) is 4.98 Å². The van der Waals surface area contributed by atoms with Crippen LogP contribution in [0.1, 0.15) is 57.3 Å². The molecule has 5 nitrogen and oxygen atoms in total. The van der Waals surface area contributed by atoms with E-state index in [4.69, 9.17) is 10.3 Å². The van der Waals surface area contributed by atoms with Crippen LogP contribution in [0.3, 0.4) is 0 Å². The van der Waals surface area contributed by atoms with E-state index in [9.17, 15) is 0 Å². The second-order valence-electron chi connectivity index (χ2n) is 6.14. The highest BCUT2D eigenvalue weighted by atomic mass is 16.5. The lowest BCUT2D eigenvalue weighted by atomic mass is 9.80. The standard InChI is InChI=1S/C14H24N4O/c15-14(7-3-1-4-8-14)11-12-16-13(17-19-12)18-9-5-2-6-10-18/h1-11,15H2. The molecular weight excluding hydrogens is 240 g/mol. The number of aromatic nitrogens is 2. The van der Waals surface area contributed by atoms with E-state index in [0.29, 0.717) is 5.89 Å². The van der Waals surface area contributed by atoms with Gasteiger partial charge in [-0.15, -0.1) is 0 Å². The van der Waals surface area contributed by atoms with E-state index in [1.54, 1.807) is 0 Å². The number of rotatable bonds is 3. The van der Waals surface area contributed by atoms with Crippen molar-refractivity contribution in [3.63, 3.8) is 0 Å². The Morgan fingerprint density at radius 2 is 1.74 bits per heavy atom. The van der Waals surface area contributed by atoms with Crippen molar-refractivity contribution in [3.05, 3.63) is 5.89 Å². The summed E-state index contributed by atoms with van der Waals surface area (Å²) in [6, 6.07) is 0. The quantitative estimate of drug-likeness (QED) is 0.907. The van der Waals surface area contributed by atoms with Crippen molar-refractivity contribution in [2.24, 2.45) is 5.73 Å². The van der Waals surface area contributed by atoms with Crippen molar-refractivity contribution >= 4 is 5.95 Å². The van der Waals surface area contributed by atoms with Gasteiger partial charge < -0.3 is 15.2 Å². The Morgan fingerprint density at radius 1 is 1.05 bits per heavy atom. The second kappa shape index (κ2) is 5.49. The van der Waals surface area contributed by atoms with Gasteiger partial charge in [0.05, 0.1) is 0 Å². The van der Waals surface area contributed by atoms with Crippen LogP contribution >= 0.6 is 0 Å². The van der Waals surface area contributed by atoms with Gasteiger partial charge in [0.2, 0.25) is 5.89 Å². The molecule has 2 heterocycles. The molecule has 0 atom stereocenters. The minimum absolute atomic E-state index is 0.121. The Morgan fingerprint density at radius 3 is 2.47 bits per heavy atom. The molecular formula is C14H24N4O. The van der Waals surface area contributed by atoms with Gasteiger partial charge in [-0.05, 0) is 37.3 Å². The van der Waals surface area contributed by atoms with Crippen LogP contribution in [0.25, 0.3) is 0 Å². The number of nitrogens with zero attached hydrogens (tertiary/aromatic N) is 3. The third-order valence-corrected chi connectivity index (χ3v) is 4.45. The third kappa shape index (κ3) is 3.08. The molecule has 0 unspecified atom stereocenters. The van der Waals surface area contributed by atoms with E-state index in [0.717, 1.165) is 38.3 Å². The topological polar surface area (TPSA) is 68.2 Å². The molecule has 3 rings (SSSR count). The van der Waals surface area contributed by atoms with Gasteiger partial charge in [-0.3, -0.25) is 0 Å². The molecule has 2 fully saturated rings. The number of anilines is 1. The Hall–Kier alpha value is -1.10. The summed E-state index contributed by atoms with van der Waals surface area (Å²) in [6.45, 7) is 2.10. The summed E-state index contributed by atoms with van der Waals surface area (Å²) in [5.74, 6) is 1.47. The molecule has 2 N–H and O–H groups in total. The fourth-order valence-corrected chi connectivity index (χ4v) is 3.27. The van der Waals surface area contributed by atoms with Crippen molar-refractivity contribution in [3.8, 4) is 0 Å². The smallest absolute Gasteiger partial charge is 0.266 e. The van der Waals surface area contributed by atoms with Gasteiger partial charge in [-0.1, -0.05) is 19.3 Å². The van der Waals surface area contributed by atoms with Gasteiger partial charge in [0.25, 0.3) is 5.95 Å². The summed E-state index contributed by atoms with van der Waals surface area (Å²) in [5.41, 5.74) is 6.32. The first-order valence-electron chi connectivity index (χ1n) is 7.62. The van der Waals surface area contributed by atoms with Crippen LogP contribution in [0.15, 0.2) is 4.52 Å². The molecule has 2 aliphatic rings. The van der Waals surface area contributed by atoms with E-state index in [2.05, 4.69) is 15.0 Å². The number of hydrogen-bond acceptors (Lipinski definition) is 5. The van der Waals surface area contributed by atoms with Crippen LogP contribution in [0.5, 0.6) is 0 Å². The zero-order valence-corrected chi connectivity index (χ0v) is 11.6. The third-order valence-electron chi connectivity index (χ3n) is 4.45.